The van der Waals surface area contributed by atoms with Gasteiger partial charge in [0.2, 0.25) is 0 Å². The molecule has 1 N–H and O–H groups in total. The fraction of sp³-hybridized carbons (Fsp3) is 0.235. The summed E-state index contributed by atoms with van der Waals surface area (Å²) in [5, 5.41) is 18.3. The van der Waals surface area contributed by atoms with Crippen LogP contribution in [-0.2, 0) is 9.84 Å². The minimum atomic E-state index is -3.68. The first kappa shape index (κ1) is 14.8. The number of benzene rings is 2. The van der Waals surface area contributed by atoms with Crippen LogP contribution < -0.4 is 0 Å². The molecule has 0 spiro atoms. The molecule has 1 saturated carbocycles. The van der Waals surface area contributed by atoms with Gasteiger partial charge in [-0.2, -0.15) is 5.26 Å². The fourth-order valence-electron chi connectivity index (χ4n) is 3.11. The highest BCUT2D eigenvalue weighted by Gasteiger charge is 2.72. The molecule has 3 rings (SSSR count). The Labute approximate surface area is 129 Å². The summed E-state index contributed by atoms with van der Waals surface area (Å²) in [6.45, 7) is -0.472. The van der Waals surface area contributed by atoms with Crippen molar-refractivity contribution in [3.8, 4) is 6.07 Å². The summed E-state index contributed by atoms with van der Waals surface area (Å²) >= 11 is 0. The lowest BCUT2D eigenvalue weighted by atomic mass is 10.0. The van der Waals surface area contributed by atoms with E-state index in [0.717, 1.165) is 5.56 Å². The molecule has 0 saturated heterocycles. The van der Waals surface area contributed by atoms with E-state index in [9.17, 15) is 18.8 Å². The van der Waals surface area contributed by atoms with Crippen LogP contribution in [0.25, 0.3) is 0 Å². The van der Waals surface area contributed by atoms with E-state index >= 15 is 0 Å². The van der Waals surface area contributed by atoms with Gasteiger partial charge in [-0.05, 0) is 17.7 Å². The normalized spacial score (nSPS) is 27.1. The summed E-state index contributed by atoms with van der Waals surface area (Å²) in [6.07, 6.45) is 0. The monoisotopic (exact) mass is 313 g/mol. The zero-order valence-electron chi connectivity index (χ0n) is 11.8. The van der Waals surface area contributed by atoms with Crippen LogP contribution in [0.5, 0.6) is 0 Å². The number of aliphatic hydroxyl groups excluding tert-OH is 1. The van der Waals surface area contributed by atoms with Gasteiger partial charge in [0.15, 0.2) is 9.84 Å². The predicted molar refractivity (Wildman–Crippen MR) is 81.7 cm³/mol. The number of nitriles is 1. The van der Waals surface area contributed by atoms with Crippen LogP contribution in [0.3, 0.4) is 0 Å². The van der Waals surface area contributed by atoms with E-state index < -0.39 is 33.0 Å². The third-order valence-corrected chi connectivity index (χ3v) is 6.58. The molecule has 1 aliphatic carbocycles. The minimum Gasteiger partial charge on any atom is -0.395 e. The lowest BCUT2D eigenvalue weighted by molar-refractivity contribution is 0.242. The zero-order chi connectivity index (χ0) is 15.8. The quantitative estimate of drug-likeness (QED) is 0.938. The van der Waals surface area contributed by atoms with Gasteiger partial charge in [-0.1, -0.05) is 48.5 Å². The lowest BCUT2D eigenvalue weighted by Gasteiger charge is -2.05. The van der Waals surface area contributed by atoms with Gasteiger partial charge in [0, 0.05) is 5.92 Å². The summed E-state index contributed by atoms with van der Waals surface area (Å²) < 4.78 is 25.7. The summed E-state index contributed by atoms with van der Waals surface area (Å²) in [5.74, 6) is -0.506. The smallest absolute Gasteiger partial charge is 0.183 e. The van der Waals surface area contributed by atoms with E-state index in [2.05, 4.69) is 0 Å². The van der Waals surface area contributed by atoms with Crippen LogP contribution in [0, 0.1) is 16.7 Å². The Hall–Kier alpha value is -2.16. The average molecular weight is 313 g/mol. The molecule has 0 heterocycles. The summed E-state index contributed by atoms with van der Waals surface area (Å²) in [6, 6.07) is 19.2. The van der Waals surface area contributed by atoms with Gasteiger partial charge in [-0.15, -0.1) is 0 Å². The Morgan fingerprint density at radius 1 is 1.05 bits per heavy atom. The molecule has 5 heteroatoms. The van der Waals surface area contributed by atoms with Gasteiger partial charge in [0.1, 0.15) is 5.41 Å². The third kappa shape index (κ3) is 2.04. The van der Waals surface area contributed by atoms with Crippen LogP contribution in [0.1, 0.15) is 11.5 Å². The molecule has 1 aliphatic rings. The number of aliphatic hydroxyl groups is 1. The largest absolute Gasteiger partial charge is 0.395 e. The Bertz CT molecular complexity index is 812. The lowest BCUT2D eigenvalue weighted by Crippen LogP contribution is -2.18. The minimum absolute atomic E-state index is 0.187. The van der Waals surface area contributed by atoms with Gasteiger partial charge < -0.3 is 5.11 Å². The molecular weight excluding hydrogens is 298 g/mol. The summed E-state index contributed by atoms with van der Waals surface area (Å²) in [5.41, 5.74) is -0.502. The van der Waals surface area contributed by atoms with Gasteiger partial charge in [0.05, 0.1) is 22.8 Å². The molecule has 0 aliphatic heterocycles. The Kier molecular flexibility index (Phi) is 3.51. The molecule has 4 nitrogen and oxygen atoms in total. The highest BCUT2D eigenvalue weighted by Crippen LogP contribution is 2.63. The van der Waals surface area contributed by atoms with Crippen molar-refractivity contribution in [2.75, 3.05) is 6.61 Å². The Morgan fingerprint density at radius 3 is 2.09 bits per heavy atom. The zero-order valence-corrected chi connectivity index (χ0v) is 12.6. The molecule has 2 aromatic rings. The highest BCUT2D eigenvalue weighted by atomic mass is 32.2. The third-order valence-electron chi connectivity index (χ3n) is 4.29. The maximum atomic E-state index is 12.8. The predicted octanol–water partition coefficient (Wildman–Crippen LogP) is 2.13. The number of rotatable bonds is 4. The van der Waals surface area contributed by atoms with Crippen molar-refractivity contribution < 1.29 is 13.5 Å². The van der Waals surface area contributed by atoms with Crippen molar-refractivity contribution in [3.05, 3.63) is 66.2 Å². The van der Waals surface area contributed by atoms with Crippen molar-refractivity contribution in [2.24, 2.45) is 5.41 Å². The maximum absolute atomic E-state index is 12.8. The second-order valence-electron chi connectivity index (χ2n) is 5.48. The maximum Gasteiger partial charge on any atom is 0.183 e. The topological polar surface area (TPSA) is 78.2 Å². The standard InChI is InChI=1S/C17H15NO3S/c18-11-17(12-19)15(13-7-3-1-4-8-13)16(17)22(20,21)14-9-5-2-6-10-14/h1-10,15-16,19H,12H2/t15-,16+,17-/m1/s1. The number of hydrogen-bond acceptors (Lipinski definition) is 4. The molecule has 0 unspecified atom stereocenters. The first-order chi connectivity index (χ1) is 10.6. The van der Waals surface area contributed by atoms with E-state index in [1.54, 1.807) is 42.5 Å². The molecule has 1 fully saturated rings. The Morgan fingerprint density at radius 2 is 1.59 bits per heavy atom. The molecule has 112 valence electrons. The summed E-state index contributed by atoms with van der Waals surface area (Å²) in [7, 11) is -3.68. The first-order valence-corrected chi connectivity index (χ1v) is 8.48. The van der Waals surface area contributed by atoms with Gasteiger partial charge in [-0.25, -0.2) is 8.42 Å². The van der Waals surface area contributed by atoms with E-state index in [0.29, 0.717) is 0 Å². The molecule has 0 amide bonds. The second-order valence-corrected chi connectivity index (χ2v) is 7.55. The van der Waals surface area contributed by atoms with Crippen molar-refractivity contribution in [1.82, 2.24) is 0 Å². The van der Waals surface area contributed by atoms with E-state index in [1.807, 2.05) is 12.1 Å². The fourth-order valence-corrected chi connectivity index (χ4v) is 5.44. The van der Waals surface area contributed by atoms with E-state index in [-0.39, 0.29) is 4.90 Å². The van der Waals surface area contributed by atoms with Crippen LogP contribution in [0.15, 0.2) is 65.6 Å². The Balaban J connectivity index is 2.08. The first-order valence-electron chi connectivity index (χ1n) is 6.94. The summed E-state index contributed by atoms with van der Waals surface area (Å²) in [4.78, 5) is 0.187. The van der Waals surface area contributed by atoms with Crippen LogP contribution in [0.4, 0.5) is 0 Å². The van der Waals surface area contributed by atoms with Crippen molar-refractivity contribution in [2.45, 2.75) is 16.1 Å². The molecule has 0 radical (unpaired) electrons. The molecule has 0 bridgehead atoms. The molecule has 0 aromatic heterocycles. The van der Waals surface area contributed by atoms with Gasteiger partial charge in [-0.3, -0.25) is 0 Å². The molecule has 3 atom stereocenters. The molecule has 2 aromatic carbocycles. The van der Waals surface area contributed by atoms with Crippen LogP contribution in [-0.4, -0.2) is 25.4 Å². The van der Waals surface area contributed by atoms with Gasteiger partial charge in [0.25, 0.3) is 0 Å². The van der Waals surface area contributed by atoms with Crippen LogP contribution >= 0.6 is 0 Å². The van der Waals surface area contributed by atoms with Crippen molar-refractivity contribution in [1.29, 1.82) is 5.26 Å². The molecule has 22 heavy (non-hydrogen) atoms. The second kappa shape index (κ2) is 5.24. The van der Waals surface area contributed by atoms with E-state index in [4.69, 9.17) is 0 Å². The van der Waals surface area contributed by atoms with Crippen LogP contribution in [0.2, 0.25) is 0 Å². The molecular formula is C17H15NO3S. The number of sulfone groups is 1. The number of hydrogen-bond donors (Lipinski definition) is 1. The van der Waals surface area contributed by atoms with E-state index in [1.165, 1.54) is 12.1 Å². The highest BCUT2D eigenvalue weighted by molar-refractivity contribution is 7.92. The van der Waals surface area contributed by atoms with Gasteiger partial charge >= 0.3 is 0 Å². The SMILES string of the molecule is N#C[C@@]1(CO)[C@H](c2ccccc2)[C@@H]1S(=O)(=O)c1ccccc1. The van der Waals surface area contributed by atoms with Crippen molar-refractivity contribution in [3.63, 3.8) is 0 Å². The van der Waals surface area contributed by atoms with Crippen molar-refractivity contribution >= 4 is 9.84 Å². The number of nitrogens with zero attached hydrogens (tertiary/aromatic N) is 1. The average Bonchev–Trinajstić information content (AvgIpc) is 3.27.